The summed E-state index contributed by atoms with van der Waals surface area (Å²) in [5, 5.41) is 16.7. The highest BCUT2D eigenvalue weighted by molar-refractivity contribution is 6.31. The number of nitrogens with one attached hydrogen (secondary N) is 6. The van der Waals surface area contributed by atoms with Gasteiger partial charge in [0.2, 0.25) is 29.5 Å². The molecule has 52 heavy (non-hydrogen) atoms. The fourth-order valence-corrected chi connectivity index (χ4v) is 5.26. The summed E-state index contributed by atoms with van der Waals surface area (Å²) in [6.45, 7) is 12.8. The summed E-state index contributed by atoms with van der Waals surface area (Å²) in [5.41, 5.74) is 0.159. The Morgan fingerprint density at radius 3 is 1.92 bits per heavy atom. The Morgan fingerprint density at radius 2 is 1.38 bits per heavy atom. The maximum Gasteiger partial charge on any atom is 0.318 e. The molecule has 2 atom stereocenters. The first kappa shape index (κ1) is 41.6. The average molecular weight is 742 g/mol. The van der Waals surface area contributed by atoms with Crippen LogP contribution in [0.15, 0.2) is 42.9 Å². The van der Waals surface area contributed by atoms with Crippen LogP contribution in [0, 0.1) is 16.7 Å². The highest BCUT2D eigenvalue weighted by atomic mass is 35.5. The second kappa shape index (κ2) is 19.2. The van der Waals surface area contributed by atoms with Crippen LogP contribution in [0.3, 0.4) is 0 Å². The molecule has 1 aromatic heterocycles. The van der Waals surface area contributed by atoms with Gasteiger partial charge in [-0.3, -0.25) is 29.0 Å². The number of hydrogen-bond acceptors (Lipinski definition) is 8. The fraction of sp³-hybridized carbons (Fsp3) is 0.556. The zero-order valence-corrected chi connectivity index (χ0v) is 31.6. The highest BCUT2D eigenvalue weighted by Gasteiger charge is 2.33. The maximum atomic E-state index is 13.8. The number of benzene rings is 1. The van der Waals surface area contributed by atoms with Crippen LogP contribution in [0.1, 0.15) is 72.8 Å². The van der Waals surface area contributed by atoms with Gasteiger partial charge in [-0.15, -0.1) is 0 Å². The minimum Gasteiger partial charge on any atom is -0.355 e. The Bertz CT molecular complexity index is 1550. The molecule has 1 aromatic carbocycles. The molecule has 1 aliphatic heterocycles. The Kier molecular flexibility index (Phi) is 15.3. The smallest absolute Gasteiger partial charge is 0.318 e. The Morgan fingerprint density at radius 1 is 0.808 bits per heavy atom. The predicted molar refractivity (Wildman–Crippen MR) is 197 cm³/mol. The summed E-state index contributed by atoms with van der Waals surface area (Å²) >= 11 is 6.26. The second-order valence-electron chi connectivity index (χ2n) is 15.3. The molecule has 2 heterocycles. The Labute approximate surface area is 310 Å². The molecule has 284 valence electrons. The average Bonchev–Trinajstić information content (AvgIpc) is 3.08. The van der Waals surface area contributed by atoms with Crippen molar-refractivity contribution in [3.05, 3.63) is 53.4 Å². The van der Waals surface area contributed by atoms with Crippen LogP contribution in [0.4, 0.5) is 10.6 Å². The number of carbonyl (C=O) groups is 6. The number of piperidine rings is 1. The van der Waals surface area contributed by atoms with Gasteiger partial charge in [-0.2, -0.15) is 0 Å². The summed E-state index contributed by atoms with van der Waals surface area (Å²) in [5.74, 6) is -2.71. The third-order valence-electron chi connectivity index (χ3n) is 8.04. The number of likely N-dealkylation sites (tertiary alicyclic amines) is 1. The number of anilines is 1. The molecule has 16 heteroatoms. The number of urea groups is 1. The van der Waals surface area contributed by atoms with Crippen LogP contribution in [0.5, 0.6) is 0 Å². The van der Waals surface area contributed by atoms with Gasteiger partial charge >= 0.3 is 6.03 Å². The first-order chi connectivity index (χ1) is 24.4. The first-order valence-electron chi connectivity index (χ1n) is 17.4. The van der Waals surface area contributed by atoms with E-state index in [-0.39, 0.29) is 42.3 Å². The third kappa shape index (κ3) is 14.8. The van der Waals surface area contributed by atoms with Gasteiger partial charge in [0.15, 0.2) is 5.82 Å². The van der Waals surface area contributed by atoms with E-state index in [1.54, 1.807) is 24.3 Å². The number of aromatic nitrogens is 2. The van der Waals surface area contributed by atoms with E-state index < -0.39 is 54.6 Å². The molecule has 15 nitrogen and oxygen atoms in total. The largest absolute Gasteiger partial charge is 0.355 e. The van der Waals surface area contributed by atoms with Crippen LogP contribution in [0.25, 0.3) is 0 Å². The van der Waals surface area contributed by atoms with Crippen LogP contribution >= 0.6 is 11.6 Å². The number of hydrogen-bond donors (Lipinski definition) is 6. The molecule has 0 radical (unpaired) electrons. The number of carbonyl (C=O) groups excluding carboxylic acids is 6. The van der Waals surface area contributed by atoms with E-state index in [1.807, 2.05) is 41.5 Å². The summed E-state index contributed by atoms with van der Waals surface area (Å²) in [6.07, 6.45) is 4.31. The number of nitrogens with zero attached hydrogens (tertiary/aromatic N) is 3. The Hall–Kier alpha value is -4.79. The zero-order valence-electron chi connectivity index (χ0n) is 30.8. The lowest BCUT2D eigenvalue weighted by atomic mass is 9.96. The van der Waals surface area contributed by atoms with Crippen molar-refractivity contribution < 1.29 is 28.8 Å². The molecule has 1 aliphatic rings. The molecule has 0 spiro atoms. The second-order valence-corrected chi connectivity index (χ2v) is 15.7. The minimum absolute atomic E-state index is 0.0383. The molecular formula is C36H52ClN9O6. The zero-order chi connectivity index (χ0) is 38.5. The van der Waals surface area contributed by atoms with E-state index in [9.17, 15) is 28.8 Å². The predicted octanol–water partition coefficient (Wildman–Crippen LogP) is 2.76. The molecule has 7 amide bonds. The van der Waals surface area contributed by atoms with E-state index in [2.05, 4.69) is 41.9 Å². The van der Waals surface area contributed by atoms with Crippen molar-refractivity contribution in [2.75, 3.05) is 31.5 Å². The van der Waals surface area contributed by atoms with Gasteiger partial charge in [0.05, 0.1) is 19.0 Å². The van der Waals surface area contributed by atoms with Crippen molar-refractivity contribution in [1.29, 1.82) is 0 Å². The maximum absolute atomic E-state index is 13.8. The van der Waals surface area contributed by atoms with Crippen molar-refractivity contribution in [3.8, 4) is 0 Å². The summed E-state index contributed by atoms with van der Waals surface area (Å²) < 4.78 is 0. The SMILES string of the molecule is CC(C)(C)CNC(=O)C[C@H](NC(=O)[C@H](CC(=O)NCC(C)(C)C)NC(=O)N1CCC(C(=O)Nc2cnccn2)CC1)C(=O)NCc1ccccc1Cl. The summed E-state index contributed by atoms with van der Waals surface area (Å²) in [6, 6.07) is 3.60. The number of rotatable bonds is 14. The van der Waals surface area contributed by atoms with Crippen LogP contribution in [0.2, 0.25) is 5.02 Å². The van der Waals surface area contributed by atoms with Crippen molar-refractivity contribution in [3.63, 3.8) is 0 Å². The van der Waals surface area contributed by atoms with E-state index in [0.717, 1.165) is 0 Å². The van der Waals surface area contributed by atoms with Gasteiger partial charge in [0, 0.05) is 56.1 Å². The fourth-order valence-electron chi connectivity index (χ4n) is 5.06. The number of halogens is 1. The van der Waals surface area contributed by atoms with Gasteiger partial charge in [-0.1, -0.05) is 71.3 Å². The van der Waals surface area contributed by atoms with Gasteiger partial charge in [-0.05, 0) is 35.3 Å². The standard InChI is InChI=1S/C36H52ClN9O6/c1-35(2,3)21-41-29(47)17-26(32(50)40-19-24-9-7-8-10-25(24)37)43-33(51)27(18-30(48)42-22-36(4,5)6)44-34(52)46-15-11-23(12-16-46)31(49)45-28-20-38-13-14-39-28/h7-10,13-14,20,23,26-27H,11-12,15-19,21-22H2,1-6H3,(H,40,50)(H,41,47)(H,42,48)(H,43,51)(H,44,52)(H,39,45,49)/t26-,27-/m0/s1. The molecule has 3 rings (SSSR count). The number of amides is 7. The molecule has 0 aliphatic carbocycles. The highest BCUT2D eigenvalue weighted by Crippen LogP contribution is 2.20. The Balaban J connectivity index is 1.73. The minimum atomic E-state index is -1.39. The van der Waals surface area contributed by atoms with Crippen LogP contribution < -0.4 is 31.9 Å². The molecule has 0 unspecified atom stereocenters. The monoisotopic (exact) mass is 741 g/mol. The van der Waals surface area contributed by atoms with Crippen molar-refractivity contribution >= 4 is 53.0 Å². The van der Waals surface area contributed by atoms with E-state index >= 15 is 0 Å². The summed E-state index contributed by atoms with van der Waals surface area (Å²) in [7, 11) is 0. The van der Waals surface area contributed by atoms with Crippen molar-refractivity contribution in [1.82, 2.24) is 41.5 Å². The lowest BCUT2D eigenvalue weighted by molar-refractivity contribution is -0.133. The molecule has 2 aromatic rings. The van der Waals surface area contributed by atoms with E-state index in [1.165, 1.54) is 23.5 Å². The molecule has 1 fully saturated rings. The van der Waals surface area contributed by atoms with E-state index in [4.69, 9.17) is 11.6 Å². The van der Waals surface area contributed by atoms with Crippen molar-refractivity contribution in [2.45, 2.75) is 85.9 Å². The topological polar surface area (TPSA) is 204 Å². The molecule has 0 saturated carbocycles. The quantitative estimate of drug-likeness (QED) is 0.170. The van der Waals surface area contributed by atoms with Gasteiger partial charge in [-0.25, -0.2) is 9.78 Å². The lowest BCUT2D eigenvalue weighted by Gasteiger charge is -2.32. The molecule has 1 saturated heterocycles. The lowest BCUT2D eigenvalue weighted by Crippen LogP contribution is -2.58. The summed E-state index contributed by atoms with van der Waals surface area (Å²) in [4.78, 5) is 89.0. The van der Waals surface area contributed by atoms with Gasteiger partial charge in [0.25, 0.3) is 0 Å². The molecule has 0 bridgehead atoms. The van der Waals surface area contributed by atoms with Crippen molar-refractivity contribution in [2.24, 2.45) is 16.7 Å². The normalized spacial score (nSPS) is 14.7. The molecular weight excluding hydrogens is 690 g/mol. The van der Waals surface area contributed by atoms with E-state index in [0.29, 0.717) is 42.3 Å². The third-order valence-corrected chi connectivity index (χ3v) is 8.41. The van der Waals surface area contributed by atoms with Gasteiger partial charge < -0.3 is 36.8 Å². The van der Waals surface area contributed by atoms with Gasteiger partial charge in [0.1, 0.15) is 12.1 Å². The molecule has 6 N–H and O–H groups in total. The van der Waals surface area contributed by atoms with Crippen LogP contribution in [-0.2, 0) is 30.5 Å². The first-order valence-corrected chi connectivity index (χ1v) is 17.8. The van der Waals surface area contributed by atoms with Crippen LogP contribution in [-0.4, -0.2) is 88.7 Å².